The van der Waals surface area contributed by atoms with E-state index in [1.54, 1.807) is 12.1 Å². The minimum absolute atomic E-state index is 0.0401. The summed E-state index contributed by atoms with van der Waals surface area (Å²) < 4.78 is 0. The van der Waals surface area contributed by atoms with Gasteiger partial charge in [0.1, 0.15) is 5.75 Å². The van der Waals surface area contributed by atoms with E-state index in [-0.39, 0.29) is 24.9 Å². The molecule has 3 N–H and O–H groups in total. The Morgan fingerprint density at radius 2 is 1.71 bits per heavy atom. The Bertz CT molecular complexity index is 347. The number of phenols is 1. The van der Waals surface area contributed by atoms with Crippen LogP contribution < -0.4 is 4.90 Å². The predicted octanol–water partition coefficient (Wildman–Crippen LogP) is 1.31. The maximum atomic E-state index is 9.51. The first kappa shape index (κ1) is 13.8. The minimum atomic E-state index is 0.0401. The van der Waals surface area contributed by atoms with Gasteiger partial charge in [-0.15, -0.1) is 0 Å². The Morgan fingerprint density at radius 1 is 1.12 bits per heavy atom. The normalized spacial score (nSPS) is 10.9. The molecule has 0 aliphatic carbocycles. The van der Waals surface area contributed by atoms with Crippen molar-refractivity contribution in [1.82, 2.24) is 0 Å². The van der Waals surface area contributed by atoms with Gasteiger partial charge in [-0.25, -0.2) is 0 Å². The van der Waals surface area contributed by atoms with Crippen molar-refractivity contribution in [1.29, 1.82) is 0 Å². The van der Waals surface area contributed by atoms with E-state index < -0.39 is 0 Å². The molecular formula is C13H21NO3. The number of aromatic hydroxyl groups is 1. The number of phenolic OH excluding ortho intramolecular Hbond substituents is 1. The number of nitrogens with zero attached hydrogens (tertiary/aromatic N) is 1. The van der Waals surface area contributed by atoms with Crippen molar-refractivity contribution in [3.05, 3.63) is 23.8 Å². The van der Waals surface area contributed by atoms with E-state index >= 15 is 0 Å². The van der Waals surface area contributed by atoms with Crippen LogP contribution in [-0.4, -0.2) is 41.6 Å². The Kier molecular flexibility index (Phi) is 5.25. The molecule has 17 heavy (non-hydrogen) atoms. The Balaban J connectivity index is 3.07. The molecule has 1 rings (SSSR count). The first-order chi connectivity index (χ1) is 8.10. The van der Waals surface area contributed by atoms with E-state index in [0.717, 1.165) is 11.3 Å². The lowest BCUT2D eigenvalue weighted by atomic mass is 10.00. The molecule has 4 nitrogen and oxygen atoms in total. The van der Waals surface area contributed by atoms with Crippen molar-refractivity contribution in [3.63, 3.8) is 0 Å². The number of rotatable bonds is 6. The summed E-state index contributed by atoms with van der Waals surface area (Å²) in [5, 5.41) is 27.6. The SMILES string of the molecule is CC(C)c1cc(O)ccc1N(CCO)CCO. The van der Waals surface area contributed by atoms with Gasteiger partial charge < -0.3 is 20.2 Å². The molecule has 0 bridgehead atoms. The van der Waals surface area contributed by atoms with Gasteiger partial charge in [0.15, 0.2) is 0 Å². The quantitative estimate of drug-likeness (QED) is 0.700. The van der Waals surface area contributed by atoms with Crippen LogP contribution >= 0.6 is 0 Å². The summed E-state index contributed by atoms with van der Waals surface area (Å²) in [4.78, 5) is 1.93. The van der Waals surface area contributed by atoms with E-state index in [4.69, 9.17) is 10.2 Å². The van der Waals surface area contributed by atoms with Crippen molar-refractivity contribution in [2.75, 3.05) is 31.2 Å². The van der Waals surface area contributed by atoms with E-state index in [0.29, 0.717) is 13.1 Å². The average Bonchev–Trinajstić information content (AvgIpc) is 2.28. The molecule has 0 fully saturated rings. The summed E-state index contributed by atoms with van der Waals surface area (Å²) in [6.07, 6.45) is 0. The average molecular weight is 239 g/mol. The second kappa shape index (κ2) is 6.47. The van der Waals surface area contributed by atoms with Crippen molar-refractivity contribution in [2.45, 2.75) is 19.8 Å². The van der Waals surface area contributed by atoms with E-state index in [2.05, 4.69) is 0 Å². The smallest absolute Gasteiger partial charge is 0.116 e. The molecule has 4 heteroatoms. The van der Waals surface area contributed by atoms with Crippen LogP contribution in [0.5, 0.6) is 5.75 Å². The van der Waals surface area contributed by atoms with E-state index in [1.165, 1.54) is 0 Å². The molecule has 1 aromatic carbocycles. The number of hydrogen-bond acceptors (Lipinski definition) is 4. The monoisotopic (exact) mass is 239 g/mol. The van der Waals surface area contributed by atoms with Gasteiger partial charge in [-0.3, -0.25) is 0 Å². The summed E-state index contributed by atoms with van der Waals surface area (Å²) in [5.41, 5.74) is 1.98. The molecule has 0 aromatic heterocycles. The molecule has 0 heterocycles. The van der Waals surface area contributed by atoms with Crippen LogP contribution in [-0.2, 0) is 0 Å². The lowest BCUT2D eigenvalue weighted by molar-refractivity contribution is 0.281. The highest BCUT2D eigenvalue weighted by atomic mass is 16.3. The number of benzene rings is 1. The Hall–Kier alpha value is -1.26. The van der Waals surface area contributed by atoms with Crippen LogP contribution in [0.4, 0.5) is 5.69 Å². The molecule has 0 aliphatic heterocycles. The molecule has 0 saturated heterocycles. The summed E-state index contributed by atoms with van der Waals surface area (Å²) in [7, 11) is 0. The number of anilines is 1. The van der Waals surface area contributed by atoms with Gasteiger partial charge in [-0.1, -0.05) is 13.8 Å². The van der Waals surface area contributed by atoms with Crippen LogP contribution in [0.25, 0.3) is 0 Å². The fourth-order valence-corrected chi connectivity index (χ4v) is 1.89. The Morgan fingerprint density at radius 3 is 2.18 bits per heavy atom. The third kappa shape index (κ3) is 3.61. The largest absolute Gasteiger partial charge is 0.508 e. The predicted molar refractivity (Wildman–Crippen MR) is 68.6 cm³/mol. The molecule has 0 aliphatic rings. The molecule has 0 atom stereocenters. The van der Waals surface area contributed by atoms with Gasteiger partial charge in [0.25, 0.3) is 0 Å². The standard InChI is InChI=1S/C13H21NO3/c1-10(2)12-9-11(17)3-4-13(12)14(5-7-15)6-8-16/h3-4,9-10,15-17H,5-8H2,1-2H3. The molecule has 0 radical (unpaired) electrons. The topological polar surface area (TPSA) is 63.9 Å². The second-order valence-corrected chi connectivity index (χ2v) is 4.33. The molecule has 0 saturated carbocycles. The van der Waals surface area contributed by atoms with E-state index in [1.807, 2.05) is 24.8 Å². The van der Waals surface area contributed by atoms with Gasteiger partial charge in [-0.05, 0) is 29.7 Å². The molecule has 0 unspecified atom stereocenters. The number of aliphatic hydroxyl groups is 2. The molecule has 1 aromatic rings. The molecule has 96 valence electrons. The van der Waals surface area contributed by atoms with Gasteiger partial charge in [0, 0.05) is 18.8 Å². The third-order valence-electron chi connectivity index (χ3n) is 2.71. The van der Waals surface area contributed by atoms with Crippen LogP contribution in [0.3, 0.4) is 0 Å². The summed E-state index contributed by atoms with van der Waals surface area (Å²) in [6.45, 7) is 5.13. The maximum absolute atomic E-state index is 9.51. The van der Waals surface area contributed by atoms with Crippen LogP contribution in [0.2, 0.25) is 0 Å². The first-order valence-corrected chi connectivity index (χ1v) is 5.89. The Labute approximate surface area is 102 Å². The summed E-state index contributed by atoms with van der Waals surface area (Å²) >= 11 is 0. The summed E-state index contributed by atoms with van der Waals surface area (Å²) in [6, 6.07) is 5.20. The fraction of sp³-hybridized carbons (Fsp3) is 0.538. The lowest BCUT2D eigenvalue weighted by Gasteiger charge is -2.27. The van der Waals surface area contributed by atoms with Gasteiger partial charge in [-0.2, -0.15) is 0 Å². The highest BCUT2D eigenvalue weighted by Gasteiger charge is 2.13. The zero-order chi connectivity index (χ0) is 12.8. The molecule has 0 amide bonds. The van der Waals surface area contributed by atoms with Gasteiger partial charge in [0.2, 0.25) is 0 Å². The van der Waals surface area contributed by atoms with Gasteiger partial charge in [0.05, 0.1) is 13.2 Å². The first-order valence-electron chi connectivity index (χ1n) is 5.89. The highest BCUT2D eigenvalue weighted by Crippen LogP contribution is 2.30. The molecule has 0 spiro atoms. The summed E-state index contributed by atoms with van der Waals surface area (Å²) in [5.74, 6) is 0.516. The van der Waals surface area contributed by atoms with Gasteiger partial charge >= 0.3 is 0 Å². The minimum Gasteiger partial charge on any atom is -0.508 e. The zero-order valence-electron chi connectivity index (χ0n) is 10.4. The van der Waals surface area contributed by atoms with Crippen LogP contribution in [0.15, 0.2) is 18.2 Å². The number of hydrogen-bond donors (Lipinski definition) is 3. The zero-order valence-corrected chi connectivity index (χ0v) is 10.4. The van der Waals surface area contributed by atoms with Crippen molar-refractivity contribution in [3.8, 4) is 5.75 Å². The fourth-order valence-electron chi connectivity index (χ4n) is 1.89. The van der Waals surface area contributed by atoms with Crippen molar-refractivity contribution < 1.29 is 15.3 Å². The van der Waals surface area contributed by atoms with Crippen LogP contribution in [0, 0.1) is 0 Å². The maximum Gasteiger partial charge on any atom is 0.116 e. The molecular weight excluding hydrogens is 218 g/mol. The second-order valence-electron chi connectivity index (χ2n) is 4.33. The third-order valence-corrected chi connectivity index (χ3v) is 2.71. The lowest BCUT2D eigenvalue weighted by Crippen LogP contribution is -2.30. The van der Waals surface area contributed by atoms with Crippen molar-refractivity contribution >= 4 is 5.69 Å². The van der Waals surface area contributed by atoms with Crippen molar-refractivity contribution in [2.24, 2.45) is 0 Å². The number of aliphatic hydroxyl groups excluding tert-OH is 2. The van der Waals surface area contributed by atoms with E-state index in [9.17, 15) is 5.11 Å². The highest BCUT2D eigenvalue weighted by molar-refractivity contribution is 5.57. The van der Waals surface area contributed by atoms with Crippen LogP contribution in [0.1, 0.15) is 25.3 Å².